The molecular formula is C21H24N6O4. The van der Waals surface area contributed by atoms with E-state index in [9.17, 15) is 9.59 Å². The molecule has 10 nitrogen and oxygen atoms in total. The van der Waals surface area contributed by atoms with E-state index in [1.807, 2.05) is 6.92 Å². The summed E-state index contributed by atoms with van der Waals surface area (Å²) in [7, 11) is 0. The van der Waals surface area contributed by atoms with Crippen LogP contribution >= 0.6 is 0 Å². The van der Waals surface area contributed by atoms with Crippen molar-refractivity contribution in [3.8, 4) is 5.75 Å². The average molecular weight is 424 g/mol. The fourth-order valence-electron chi connectivity index (χ4n) is 4.30. The van der Waals surface area contributed by atoms with Crippen LogP contribution in [0.25, 0.3) is 0 Å². The molecule has 0 spiro atoms. The molecule has 1 aliphatic carbocycles. The first-order valence-corrected chi connectivity index (χ1v) is 10.5. The molecule has 2 aromatic rings. The van der Waals surface area contributed by atoms with Crippen LogP contribution in [0.3, 0.4) is 0 Å². The number of nitrogens with one attached hydrogen (secondary N) is 2. The van der Waals surface area contributed by atoms with Gasteiger partial charge in [0.1, 0.15) is 18.2 Å². The molecule has 2 unspecified atom stereocenters. The van der Waals surface area contributed by atoms with Crippen LogP contribution in [0.15, 0.2) is 18.5 Å². The summed E-state index contributed by atoms with van der Waals surface area (Å²) < 4.78 is 10.8. The first kappa shape index (κ1) is 19.7. The van der Waals surface area contributed by atoms with Crippen molar-refractivity contribution in [2.24, 2.45) is 5.92 Å². The number of hydrogen-bond donors (Lipinski definition) is 2. The number of aromatic nitrogens is 3. The molecule has 162 valence electrons. The Morgan fingerprint density at radius 1 is 1.26 bits per heavy atom. The number of pyridine rings is 1. The second kappa shape index (κ2) is 8.10. The van der Waals surface area contributed by atoms with Gasteiger partial charge in [-0.25, -0.2) is 19.7 Å². The number of ether oxygens (including phenoxy) is 2. The number of cyclic esters (lactones) is 1. The van der Waals surface area contributed by atoms with Gasteiger partial charge in [0.2, 0.25) is 0 Å². The van der Waals surface area contributed by atoms with Crippen LogP contribution in [0.4, 0.5) is 16.4 Å². The molecule has 0 aromatic carbocycles. The van der Waals surface area contributed by atoms with Crippen molar-refractivity contribution >= 4 is 23.6 Å². The molecule has 4 heterocycles. The van der Waals surface area contributed by atoms with Gasteiger partial charge in [-0.2, -0.15) is 0 Å². The van der Waals surface area contributed by atoms with Crippen molar-refractivity contribution in [1.82, 2.24) is 20.3 Å². The Morgan fingerprint density at radius 2 is 2.16 bits per heavy atom. The molecule has 0 saturated carbocycles. The molecule has 0 bridgehead atoms. The molecule has 2 aromatic heterocycles. The maximum absolute atomic E-state index is 12.3. The van der Waals surface area contributed by atoms with Crippen LogP contribution in [0, 0.1) is 12.8 Å². The summed E-state index contributed by atoms with van der Waals surface area (Å²) in [6.07, 6.45) is 3.69. The van der Waals surface area contributed by atoms with E-state index < -0.39 is 6.09 Å². The highest BCUT2D eigenvalue weighted by Gasteiger charge is 2.34. The topological polar surface area (TPSA) is 119 Å². The van der Waals surface area contributed by atoms with Crippen LogP contribution in [-0.4, -0.2) is 59.3 Å². The summed E-state index contributed by atoms with van der Waals surface area (Å²) in [5, 5.41) is 6.14. The smallest absolute Gasteiger partial charge is 0.415 e. The van der Waals surface area contributed by atoms with E-state index in [4.69, 9.17) is 9.47 Å². The van der Waals surface area contributed by atoms with Gasteiger partial charge >= 0.3 is 6.09 Å². The summed E-state index contributed by atoms with van der Waals surface area (Å²) in [6, 6.07) is 3.39. The lowest BCUT2D eigenvalue weighted by Crippen LogP contribution is -2.30. The maximum atomic E-state index is 12.3. The molecule has 2 N–H and O–H groups in total. The van der Waals surface area contributed by atoms with Gasteiger partial charge < -0.3 is 20.1 Å². The Bertz CT molecular complexity index is 1030. The monoisotopic (exact) mass is 424 g/mol. The van der Waals surface area contributed by atoms with Crippen LogP contribution in [0.5, 0.6) is 5.75 Å². The number of aryl methyl sites for hydroxylation is 1. The predicted octanol–water partition coefficient (Wildman–Crippen LogP) is 1.23. The van der Waals surface area contributed by atoms with E-state index in [1.165, 1.54) is 16.2 Å². The quantitative estimate of drug-likeness (QED) is 0.665. The number of anilines is 2. The Hall–Kier alpha value is -3.27. The maximum Gasteiger partial charge on any atom is 0.415 e. The fraction of sp³-hybridized carbons (Fsp3) is 0.476. The van der Waals surface area contributed by atoms with Crippen molar-refractivity contribution in [2.45, 2.75) is 32.3 Å². The number of nitrogens with zero attached hydrogens (tertiary/aromatic N) is 4. The van der Waals surface area contributed by atoms with Gasteiger partial charge in [-0.05, 0) is 62.9 Å². The van der Waals surface area contributed by atoms with E-state index in [1.54, 1.807) is 18.5 Å². The van der Waals surface area contributed by atoms with Gasteiger partial charge in [0, 0.05) is 11.4 Å². The number of amides is 2. The summed E-state index contributed by atoms with van der Waals surface area (Å²) >= 11 is 0. The summed E-state index contributed by atoms with van der Waals surface area (Å²) in [5.74, 6) is 1.50. The number of fused-ring (bicyclic) bond motifs is 2. The zero-order chi connectivity index (χ0) is 21.4. The van der Waals surface area contributed by atoms with Crippen LogP contribution in [0.1, 0.15) is 23.4 Å². The molecule has 10 heteroatoms. The molecule has 2 amide bonds. The highest BCUT2D eigenvalue weighted by molar-refractivity contribution is 5.95. The predicted molar refractivity (Wildman–Crippen MR) is 111 cm³/mol. The molecule has 5 rings (SSSR count). The number of rotatable bonds is 6. The lowest BCUT2D eigenvalue weighted by molar-refractivity contribution is -0.118. The molecule has 31 heavy (non-hydrogen) atoms. The van der Waals surface area contributed by atoms with Crippen molar-refractivity contribution in [3.63, 3.8) is 0 Å². The van der Waals surface area contributed by atoms with Gasteiger partial charge in [0.05, 0.1) is 6.54 Å². The van der Waals surface area contributed by atoms with E-state index in [2.05, 4.69) is 25.6 Å². The first-order valence-electron chi connectivity index (χ1n) is 10.5. The lowest BCUT2D eigenvalue weighted by atomic mass is 10.1. The number of carbonyl (C=O) groups excluding carboxylic acids is 2. The minimum absolute atomic E-state index is 0.0329. The van der Waals surface area contributed by atoms with Crippen molar-refractivity contribution in [1.29, 1.82) is 0 Å². The Morgan fingerprint density at radius 3 is 3.03 bits per heavy atom. The minimum Gasteiger partial charge on any atom is -0.480 e. The van der Waals surface area contributed by atoms with Gasteiger partial charge in [-0.15, -0.1) is 0 Å². The van der Waals surface area contributed by atoms with Gasteiger partial charge in [0.25, 0.3) is 5.91 Å². The first-order chi connectivity index (χ1) is 15.1. The molecular weight excluding hydrogens is 400 g/mol. The molecule has 2 atom stereocenters. The third-order valence-corrected chi connectivity index (χ3v) is 5.91. The Labute approximate surface area is 179 Å². The highest BCUT2D eigenvalue weighted by Crippen LogP contribution is 2.30. The van der Waals surface area contributed by atoms with Crippen LogP contribution < -0.4 is 20.3 Å². The third kappa shape index (κ3) is 4.02. The Kier molecular flexibility index (Phi) is 5.14. The van der Waals surface area contributed by atoms with Gasteiger partial charge in [-0.3, -0.25) is 9.69 Å². The second-order valence-corrected chi connectivity index (χ2v) is 8.12. The molecule has 1 saturated heterocycles. The third-order valence-electron chi connectivity index (χ3n) is 5.91. The zero-order valence-electron chi connectivity index (χ0n) is 17.3. The number of carbonyl (C=O) groups is 2. The van der Waals surface area contributed by atoms with E-state index in [0.29, 0.717) is 36.3 Å². The van der Waals surface area contributed by atoms with E-state index >= 15 is 0 Å². The normalized spacial score (nSPS) is 21.9. The van der Waals surface area contributed by atoms with Crippen LogP contribution in [0.2, 0.25) is 0 Å². The van der Waals surface area contributed by atoms with Crippen molar-refractivity contribution in [2.75, 3.05) is 36.5 Å². The number of hydrogen-bond acceptors (Lipinski definition) is 8. The van der Waals surface area contributed by atoms with Gasteiger partial charge in [0.15, 0.2) is 18.2 Å². The second-order valence-electron chi connectivity index (χ2n) is 8.12. The Balaban J connectivity index is 1.10. The summed E-state index contributed by atoms with van der Waals surface area (Å²) in [5.41, 5.74) is 3.53. The summed E-state index contributed by atoms with van der Waals surface area (Å²) in [6.45, 7) is 4.07. The molecule has 2 aliphatic heterocycles. The van der Waals surface area contributed by atoms with Crippen LogP contribution in [-0.2, 0) is 22.4 Å². The minimum atomic E-state index is -0.430. The van der Waals surface area contributed by atoms with Crippen molar-refractivity contribution < 1.29 is 19.1 Å². The fourth-order valence-corrected chi connectivity index (χ4v) is 4.30. The molecule has 0 radical (unpaired) electrons. The molecule has 3 aliphatic rings. The summed E-state index contributed by atoms with van der Waals surface area (Å²) in [4.78, 5) is 38.3. The van der Waals surface area contributed by atoms with Gasteiger partial charge in [-0.1, -0.05) is 0 Å². The van der Waals surface area contributed by atoms with Crippen molar-refractivity contribution in [3.05, 3.63) is 35.4 Å². The average Bonchev–Trinajstić information content (AvgIpc) is 3.34. The zero-order valence-corrected chi connectivity index (χ0v) is 17.3. The van der Waals surface area contributed by atoms with E-state index in [0.717, 1.165) is 31.6 Å². The highest BCUT2D eigenvalue weighted by atomic mass is 16.6. The molecule has 1 fully saturated rings. The lowest BCUT2D eigenvalue weighted by Gasteiger charge is -2.19. The largest absolute Gasteiger partial charge is 0.480 e. The standard InChI is InChI=1S/C21H24N6O4/c1-12-15-6-13(7-16(15)24-11-23-12)8-22-5-4-14-9-27(21(29)31-14)18-3-2-17-20(25-18)26-19(28)10-30-17/h2-3,11,13-14,22H,4-10H2,1H3,(H,25,26,28). The van der Waals surface area contributed by atoms with E-state index in [-0.39, 0.29) is 18.6 Å². The SMILES string of the molecule is Cc1ncnc2c1CC(CNCCC1CN(c3ccc4c(n3)NC(=O)CO4)C(=O)O1)C2.